The summed E-state index contributed by atoms with van der Waals surface area (Å²) < 4.78 is 0. The Hall–Kier alpha value is -3.54. The molecule has 0 fully saturated rings. The molecule has 0 atom stereocenters. The second-order valence-electron chi connectivity index (χ2n) is 6.23. The lowest BCUT2D eigenvalue weighted by molar-refractivity contribution is 0.100. The zero-order chi connectivity index (χ0) is 19.2. The van der Waals surface area contributed by atoms with E-state index in [9.17, 15) is 9.59 Å². The molecule has 1 heterocycles. The van der Waals surface area contributed by atoms with E-state index in [1.165, 1.54) is 12.5 Å². The molecule has 27 heavy (non-hydrogen) atoms. The van der Waals surface area contributed by atoms with Crippen LogP contribution in [-0.4, -0.2) is 21.9 Å². The molecule has 0 aliphatic carbocycles. The Morgan fingerprint density at radius 1 is 0.963 bits per heavy atom. The second kappa shape index (κ2) is 8.23. The van der Waals surface area contributed by atoms with Gasteiger partial charge >= 0.3 is 0 Å². The average molecular weight is 360 g/mol. The number of benzene rings is 2. The number of hydrogen-bond acceptors (Lipinski definition) is 5. The molecule has 3 rings (SSSR count). The summed E-state index contributed by atoms with van der Waals surface area (Å²) in [6, 6.07) is 18.3. The van der Waals surface area contributed by atoms with Gasteiger partial charge in [-0.05, 0) is 43.7 Å². The zero-order valence-electron chi connectivity index (χ0n) is 15.2. The fourth-order valence-electron chi connectivity index (χ4n) is 2.46. The molecule has 0 radical (unpaired) electrons. The molecule has 0 saturated carbocycles. The Kier molecular flexibility index (Phi) is 5.56. The lowest BCUT2D eigenvalue weighted by Crippen LogP contribution is -2.15. The summed E-state index contributed by atoms with van der Waals surface area (Å²) in [7, 11) is 0. The largest absolute Gasteiger partial charge is 0.365 e. The highest BCUT2D eigenvalue weighted by Gasteiger charge is 2.10. The third kappa shape index (κ3) is 4.98. The number of hydrogen-bond donors (Lipinski definition) is 2. The maximum absolute atomic E-state index is 12.3. The number of anilines is 2. The highest BCUT2D eigenvalue weighted by atomic mass is 16.2. The van der Waals surface area contributed by atoms with Crippen molar-refractivity contribution in [2.75, 3.05) is 10.6 Å². The van der Waals surface area contributed by atoms with Gasteiger partial charge in [-0.15, -0.1) is 10.2 Å². The van der Waals surface area contributed by atoms with Crippen molar-refractivity contribution < 1.29 is 9.59 Å². The van der Waals surface area contributed by atoms with E-state index in [1.54, 1.807) is 36.4 Å². The minimum atomic E-state index is -0.381. The van der Waals surface area contributed by atoms with Crippen LogP contribution in [0, 0.1) is 6.92 Å². The molecule has 2 aromatic carbocycles. The first-order valence-corrected chi connectivity index (χ1v) is 8.57. The average Bonchev–Trinajstić information content (AvgIpc) is 2.68. The minimum Gasteiger partial charge on any atom is -0.365 e. The Morgan fingerprint density at radius 2 is 1.74 bits per heavy atom. The summed E-state index contributed by atoms with van der Waals surface area (Å²) in [5.74, 6) is 0.147. The van der Waals surface area contributed by atoms with Crippen molar-refractivity contribution in [2.24, 2.45) is 0 Å². The van der Waals surface area contributed by atoms with Crippen LogP contribution in [0.3, 0.4) is 0 Å². The van der Waals surface area contributed by atoms with Gasteiger partial charge in [0.05, 0.1) is 0 Å². The van der Waals surface area contributed by atoms with Crippen molar-refractivity contribution in [2.45, 2.75) is 20.4 Å². The lowest BCUT2D eigenvalue weighted by atomic mass is 10.1. The molecular formula is C21H20N4O2. The van der Waals surface area contributed by atoms with Crippen LogP contribution < -0.4 is 10.6 Å². The van der Waals surface area contributed by atoms with Gasteiger partial charge in [0, 0.05) is 17.8 Å². The van der Waals surface area contributed by atoms with Crippen LogP contribution in [0.5, 0.6) is 0 Å². The number of aromatic nitrogens is 2. The molecule has 136 valence electrons. The number of nitrogens with zero attached hydrogens (tertiary/aromatic N) is 2. The van der Waals surface area contributed by atoms with E-state index in [1.807, 2.05) is 19.1 Å². The molecule has 1 aromatic heterocycles. The maximum Gasteiger partial charge on any atom is 0.276 e. The third-order valence-corrected chi connectivity index (χ3v) is 4.02. The summed E-state index contributed by atoms with van der Waals surface area (Å²) in [6.07, 6.45) is 0. The molecule has 0 aliphatic heterocycles. The van der Waals surface area contributed by atoms with E-state index < -0.39 is 0 Å². The van der Waals surface area contributed by atoms with Crippen LogP contribution in [0.2, 0.25) is 0 Å². The second-order valence-corrected chi connectivity index (χ2v) is 6.23. The normalized spacial score (nSPS) is 10.3. The van der Waals surface area contributed by atoms with Crippen LogP contribution >= 0.6 is 0 Å². The van der Waals surface area contributed by atoms with Crippen molar-refractivity contribution in [1.29, 1.82) is 0 Å². The van der Waals surface area contributed by atoms with Crippen LogP contribution in [-0.2, 0) is 6.54 Å². The summed E-state index contributed by atoms with van der Waals surface area (Å²) in [6.45, 7) is 4.15. The first kappa shape index (κ1) is 18.3. The minimum absolute atomic E-state index is 0.0603. The van der Waals surface area contributed by atoms with E-state index in [4.69, 9.17) is 0 Å². The number of rotatable bonds is 6. The molecule has 3 aromatic rings. The number of aryl methyl sites for hydroxylation is 1. The molecule has 6 heteroatoms. The topological polar surface area (TPSA) is 84.0 Å². The number of Topliss-reactive ketones (excluding diaryl/α,β-unsaturated/α-hetero) is 1. The van der Waals surface area contributed by atoms with Crippen molar-refractivity contribution in [3.05, 3.63) is 83.0 Å². The molecule has 0 bridgehead atoms. The number of carbonyl (C=O) groups excluding carboxylic acids is 2. The molecular weight excluding hydrogens is 340 g/mol. The quantitative estimate of drug-likeness (QED) is 0.652. The highest BCUT2D eigenvalue weighted by Crippen LogP contribution is 2.13. The standard InChI is InChI=1S/C21H20N4O2/c1-14-6-8-16(9-7-14)13-22-20-11-10-19(24-25-20)21(27)23-18-5-3-4-17(12-18)15(2)26/h3-12H,13H2,1-2H3,(H,22,25)(H,23,27). The van der Waals surface area contributed by atoms with Gasteiger partial charge in [-0.25, -0.2) is 0 Å². The van der Waals surface area contributed by atoms with E-state index in [0.29, 0.717) is 23.6 Å². The Balaban J connectivity index is 1.60. The van der Waals surface area contributed by atoms with Crippen LogP contribution in [0.1, 0.15) is 38.9 Å². The smallest absolute Gasteiger partial charge is 0.276 e. The highest BCUT2D eigenvalue weighted by molar-refractivity contribution is 6.03. The number of ketones is 1. The molecule has 0 spiro atoms. The van der Waals surface area contributed by atoms with Gasteiger partial charge in [0.2, 0.25) is 0 Å². The predicted octanol–water partition coefficient (Wildman–Crippen LogP) is 3.85. The SMILES string of the molecule is CC(=O)c1cccc(NC(=O)c2ccc(NCc3ccc(C)cc3)nn2)c1. The molecule has 0 aliphatic rings. The molecule has 1 amide bonds. The van der Waals surface area contributed by atoms with Crippen LogP contribution in [0.15, 0.2) is 60.7 Å². The van der Waals surface area contributed by atoms with Gasteiger partial charge in [-0.3, -0.25) is 9.59 Å². The molecule has 0 saturated heterocycles. The summed E-state index contributed by atoms with van der Waals surface area (Å²) in [5.41, 5.74) is 3.62. The Labute approximate surface area is 157 Å². The van der Waals surface area contributed by atoms with Crippen LogP contribution in [0.4, 0.5) is 11.5 Å². The first-order valence-electron chi connectivity index (χ1n) is 8.57. The van der Waals surface area contributed by atoms with E-state index in [2.05, 4.69) is 33.0 Å². The van der Waals surface area contributed by atoms with E-state index in [0.717, 1.165) is 5.56 Å². The van der Waals surface area contributed by atoms with Crippen LogP contribution in [0.25, 0.3) is 0 Å². The zero-order valence-corrected chi connectivity index (χ0v) is 15.2. The van der Waals surface area contributed by atoms with Gasteiger partial charge in [0.25, 0.3) is 5.91 Å². The first-order chi connectivity index (χ1) is 13.0. The fraction of sp³-hybridized carbons (Fsp3) is 0.143. The van der Waals surface area contributed by atoms with Gasteiger partial charge in [-0.2, -0.15) is 0 Å². The van der Waals surface area contributed by atoms with Gasteiger partial charge in [-0.1, -0.05) is 42.0 Å². The van der Waals surface area contributed by atoms with Gasteiger partial charge in [0.1, 0.15) is 5.82 Å². The van der Waals surface area contributed by atoms with Gasteiger partial charge < -0.3 is 10.6 Å². The maximum atomic E-state index is 12.3. The monoisotopic (exact) mass is 360 g/mol. The van der Waals surface area contributed by atoms with Crippen molar-refractivity contribution in [3.8, 4) is 0 Å². The predicted molar refractivity (Wildman–Crippen MR) is 105 cm³/mol. The number of nitrogens with one attached hydrogen (secondary N) is 2. The summed E-state index contributed by atoms with van der Waals surface area (Å²) in [5, 5.41) is 13.9. The number of carbonyl (C=O) groups is 2. The Bertz CT molecular complexity index is 951. The summed E-state index contributed by atoms with van der Waals surface area (Å²) >= 11 is 0. The molecule has 6 nitrogen and oxygen atoms in total. The van der Waals surface area contributed by atoms with Crippen molar-refractivity contribution in [3.63, 3.8) is 0 Å². The van der Waals surface area contributed by atoms with E-state index in [-0.39, 0.29) is 17.4 Å². The van der Waals surface area contributed by atoms with E-state index >= 15 is 0 Å². The van der Waals surface area contributed by atoms with Gasteiger partial charge in [0.15, 0.2) is 11.5 Å². The lowest BCUT2D eigenvalue weighted by Gasteiger charge is -2.07. The Morgan fingerprint density at radius 3 is 2.41 bits per heavy atom. The molecule has 2 N–H and O–H groups in total. The molecule has 0 unspecified atom stereocenters. The number of amides is 1. The van der Waals surface area contributed by atoms with Crippen molar-refractivity contribution >= 4 is 23.2 Å². The third-order valence-electron chi connectivity index (χ3n) is 4.02. The summed E-state index contributed by atoms with van der Waals surface area (Å²) in [4.78, 5) is 23.7. The fourth-order valence-corrected chi connectivity index (χ4v) is 2.46. The van der Waals surface area contributed by atoms with Crippen molar-refractivity contribution in [1.82, 2.24) is 10.2 Å².